The van der Waals surface area contributed by atoms with Crippen molar-refractivity contribution in [3.63, 3.8) is 0 Å². The van der Waals surface area contributed by atoms with Crippen molar-refractivity contribution in [2.24, 2.45) is 0 Å². The summed E-state index contributed by atoms with van der Waals surface area (Å²) in [5, 5.41) is 0. The Labute approximate surface area is 241 Å². The van der Waals surface area contributed by atoms with E-state index < -0.39 is 35.7 Å². The van der Waals surface area contributed by atoms with Gasteiger partial charge in [0, 0.05) is 0 Å². The summed E-state index contributed by atoms with van der Waals surface area (Å²) in [4.78, 5) is 0. The Morgan fingerprint density at radius 3 is 1.12 bits per heavy atom. The van der Waals surface area contributed by atoms with Gasteiger partial charge in [-0.25, -0.2) is 0 Å². The molecule has 6 aliphatic rings. The van der Waals surface area contributed by atoms with E-state index in [1.807, 2.05) is 55.4 Å². The lowest BCUT2D eigenvalue weighted by Gasteiger charge is -2.37. The Morgan fingerprint density at radius 2 is 0.707 bits per heavy atom. The number of ether oxygens (including phenoxy) is 13. The number of fused-ring (bicyclic) bond motifs is 6. The summed E-state index contributed by atoms with van der Waals surface area (Å²) in [5.74, 6) is -2.98. The highest BCUT2D eigenvalue weighted by Gasteiger charge is 2.62. The van der Waals surface area contributed by atoms with E-state index in [2.05, 4.69) is 0 Å². The van der Waals surface area contributed by atoms with E-state index in [1.165, 1.54) is 0 Å². The quantitative estimate of drug-likeness (QED) is 0.345. The normalized spacial score (nSPS) is 44.8. The predicted molar refractivity (Wildman–Crippen MR) is 138 cm³/mol. The molecule has 0 aromatic rings. The highest BCUT2D eigenvalue weighted by molar-refractivity contribution is 5.01. The van der Waals surface area contributed by atoms with E-state index in [0.29, 0.717) is 39.6 Å². The second-order valence-corrected chi connectivity index (χ2v) is 13.2. The van der Waals surface area contributed by atoms with E-state index in [0.717, 1.165) is 0 Å². The summed E-state index contributed by atoms with van der Waals surface area (Å²) in [6.07, 6.45) is -3.71. The summed E-state index contributed by atoms with van der Waals surface area (Å²) in [7, 11) is 0. The molecule has 0 aliphatic carbocycles. The molecule has 0 bridgehead atoms. The molecule has 6 aliphatic heterocycles. The van der Waals surface area contributed by atoms with Gasteiger partial charge in [-0.3, -0.25) is 0 Å². The van der Waals surface area contributed by atoms with Gasteiger partial charge in [0.1, 0.15) is 48.8 Å². The molecule has 6 fully saturated rings. The SMILES string of the molecule is CC1(C)O[C@H]2[C@@H](O1)[C@@H](COCCOCCOC[C@H]1O[C@@H]3OC(C)(C)O[C@@H]3[C@H]3OC(C)(C)O[C@H]31)O[C@@H]1OC(C)(C)O[C@@H]12. The van der Waals surface area contributed by atoms with Crippen molar-refractivity contribution in [3.8, 4) is 0 Å². The Hall–Kier alpha value is -0.520. The summed E-state index contributed by atoms with van der Waals surface area (Å²) in [5.41, 5.74) is 0. The third-order valence-corrected chi connectivity index (χ3v) is 7.81. The summed E-state index contributed by atoms with van der Waals surface area (Å²) < 4.78 is 78.3. The number of hydrogen-bond acceptors (Lipinski definition) is 13. The fourth-order valence-corrected chi connectivity index (χ4v) is 6.39. The zero-order valence-corrected chi connectivity index (χ0v) is 25.3. The minimum Gasteiger partial charge on any atom is -0.377 e. The van der Waals surface area contributed by atoms with Gasteiger partial charge in [0.25, 0.3) is 0 Å². The zero-order chi connectivity index (χ0) is 29.2. The molecule has 6 rings (SSSR count). The summed E-state index contributed by atoms with van der Waals surface area (Å²) in [6.45, 7) is 17.2. The average Bonchev–Trinajstić information content (AvgIpc) is 3.55. The van der Waals surface area contributed by atoms with E-state index in [9.17, 15) is 0 Å². The smallest absolute Gasteiger partial charge is 0.190 e. The van der Waals surface area contributed by atoms with Gasteiger partial charge in [0.05, 0.1) is 39.6 Å². The largest absolute Gasteiger partial charge is 0.377 e. The van der Waals surface area contributed by atoms with Crippen molar-refractivity contribution in [2.45, 2.75) is 140 Å². The lowest BCUT2D eigenvalue weighted by atomic mass is 9.99. The first-order chi connectivity index (χ1) is 19.2. The molecule has 10 atom stereocenters. The van der Waals surface area contributed by atoms with Crippen LogP contribution in [0.25, 0.3) is 0 Å². The van der Waals surface area contributed by atoms with Crippen molar-refractivity contribution < 1.29 is 61.6 Å². The van der Waals surface area contributed by atoms with Crippen LogP contribution in [0.4, 0.5) is 0 Å². The molecule has 236 valence electrons. The maximum absolute atomic E-state index is 6.16. The summed E-state index contributed by atoms with van der Waals surface area (Å²) in [6, 6.07) is 0. The zero-order valence-electron chi connectivity index (χ0n) is 25.3. The van der Waals surface area contributed by atoms with Crippen molar-refractivity contribution >= 4 is 0 Å². The van der Waals surface area contributed by atoms with Crippen LogP contribution in [-0.2, 0) is 61.6 Å². The monoisotopic (exact) mass is 590 g/mol. The molecule has 13 nitrogen and oxygen atoms in total. The van der Waals surface area contributed by atoms with Gasteiger partial charge in [-0.1, -0.05) is 0 Å². The van der Waals surface area contributed by atoms with E-state index in [-0.39, 0.29) is 48.8 Å². The van der Waals surface area contributed by atoms with Gasteiger partial charge in [0.2, 0.25) is 0 Å². The lowest BCUT2D eigenvalue weighted by molar-refractivity contribution is -0.244. The van der Waals surface area contributed by atoms with Crippen LogP contribution in [0.5, 0.6) is 0 Å². The fourth-order valence-electron chi connectivity index (χ4n) is 6.39. The highest BCUT2D eigenvalue weighted by Crippen LogP contribution is 2.45. The highest BCUT2D eigenvalue weighted by atomic mass is 16.9. The molecule has 13 heteroatoms. The molecule has 0 saturated carbocycles. The molecule has 0 unspecified atom stereocenters. The number of rotatable bonds is 10. The molecular weight excluding hydrogens is 544 g/mol. The van der Waals surface area contributed by atoms with Gasteiger partial charge in [-0.05, 0) is 55.4 Å². The van der Waals surface area contributed by atoms with Gasteiger partial charge in [-0.2, -0.15) is 0 Å². The first kappa shape index (κ1) is 30.5. The van der Waals surface area contributed by atoms with Crippen LogP contribution in [0.3, 0.4) is 0 Å². The molecule has 6 saturated heterocycles. The Bertz CT molecular complexity index is 853. The second kappa shape index (κ2) is 11.1. The van der Waals surface area contributed by atoms with Gasteiger partial charge in [0.15, 0.2) is 35.7 Å². The van der Waals surface area contributed by atoms with Crippen molar-refractivity contribution in [1.29, 1.82) is 0 Å². The third-order valence-electron chi connectivity index (χ3n) is 7.81. The van der Waals surface area contributed by atoms with Crippen molar-refractivity contribution in [1.82, 2.24) is 0 Å². The van der Waals surface area contributed by atoms with Crippen molar-refractivity contribution in [2.75, 3.05) is 39.6 Å². The van der Waals surface area contributed by atoms with E-state index in [4.69, 9.17) is 61.6 Å². The first-order valence-electron chi connectivity index (χ1n) is 14.7. The fraction of sp³-hybridized carbons (Fsp3) is 1.00. The van der Waals surface area contributed by atoms with Crippen LogP contribution in [0.2, 0.25) is 0 Å². The standard InChI is InChI=1S/C28H46O13/c1-25(2)34-17-15(32-23-21(19(17)36-25)38-27(5,6)40-23)13-30-11-9-29-10-12-31-14-16-18-20(37-26(3,4)35-18)22-24(33-16)41-28(7,8)39-22/h15-24H,9-14H2,1-8H3/t15-,16-,17+,18+,19+,20+,21-,22-,23-,24-/m1/s1. The minimum absolute atomic E-state index is 0.298. The molecule has 0 amide bonds. The molecule has 0 radical (unpaired) electrons. The topological polar surface area (TPSA) is 120 Å². The average molecular weight is 591 g/mol. The van der Waals surface area contributed by atoms with Crippen molar-refractivity contribution in [3.05, 3.63) is 0 Å². The van der Waals surface area contributed by atoms with Gasteiger partial charge >= 0.3 is 0 Å². The maximum atomic E-state index is 6.16. The van der Waals surface area contributed by atoms with Gasteiger partial charge in [-0.15, -0.1) is 0 Å². The molecular formula is C28H46O13. The number of hydrogen-bond donors (Lipinski definition) is 0. The van der Waals surface area contributed by atoms with Crippen LogP contribution in [0.1, 0.15) is 55.4 Å². The second-order valence-electron chi connectivity index (χ2n) is 13.2. The Morgan fingerprint density at radius 1 is 0.390 bits per heavy atom. The molecule has 6 heterocycles. The third kappa shape index (κ3) is 6.63. The van der Waals surface area contributed by atoms with Crippen LogP contribution >= 0.6 is 0 Å². The molecule has 0 aromatic carbocycles. The molecule has 0 spiro atoms. The predicted octanol–water partition coefficient (Wildman–Crippen LogP) is 1.83. The lowest BCUT2D eigenvalue weighted by Crippen LogP contribution is -2.56. The first-order valence-corrected chi connectivity index (χ1v) is 14.7. The maximum Gasteiger partial charge on any atom is 0.190 e. The van der Waals surface area contributed by atoms with E-state index >= 15 is 0 Å². The van der Waals surface area contributed by atoms with Crippen LogP contribution in [-0.4, -0.2) is 124 Å². The van der Waals surface area contributed by atoms with E-state index in [1.54, 1.807) is 0 Å². The van der Waals surface area contributed by atoms with Gasteiger partial charge < -0.3 is 61.6 Å². The summed E-state index contributed by atoms with van der Waals surface area (Å²) >= 11 is 0. The van der Waals surface area contributed by atoms with Crippen LogP contribution < -0.4 is 0 Å². The molecule has 41 heavy (non-hydrogen) atoms. The van der Waals surface area contributed by atoms with Crippen LogP contribution in [0.15, 0.2) is 0 Å². The Balaban J connectivity index is 0.892. The van der Waals surface area contributed by atoms with Crippen LogP contribution in [0, 0.1) is 0 Å². The molecule has 0 N–H and O–H groups in total. The Kier molecular flexibility index (Phi) is 8.28. The molecule has 0 aromatic heterocycles. The minimum atomic E-state index is -0.751.